The van der Waals surface area contributed by atoms with Gasteiger partial charge in [0.25, 0.3) is 0 Å². The van der Waals surface area contributed by atoms with E-state index in [0.29, 0.717) is 11.5 Å². The van der Waals surface area contributed by atoms with Gasteiger partial charge in [0.15, 0.2) is 11.5 Å². The van der Waals surface area contributed by atoms with Gasteiger partial charge in [-0.05, 0) is 43.7 Å². The number of para-hydroxylation sites is 1. The molecule has 0 bridgehead atoms. The van der Waals surface area contributed by atoms with E-state index in [4.69, 9.17) is 9.47 Å². The first-order valence-electron chi connectivity index (χ1n) is 7.30. The van der Waals surface area contributed by atoms with E-state index in [0.717, 1.165) is 16.1 Å². The normalized spacial score (nSPS) is 11.7. The molecule has 0 aliphatic carbocycles. The Kier molecular flexibility index (Phi) is 5.93. The molecule has 0 saturated carbocycles. The lowest BCUT2D eigenvalue weighted by molar-refractivity contribution is -0.115. The number of rotatable bonds is 6. The Balaban J connectivity index is 2.05. The van der Waals surface area contributed by atoms with Crippen molar-refractivity contribution in [3.63, 3.8) is 0 Å². The molecule has 2 rings (SSSR count). The molecule has 1 N–H and O–H groups in total. The van der Waals surface area contributed by atoms with Crippen LogP contribution in [0.3, 0.4) is 0 Å². The van der Waals surface area contributed by atoms with Gasteiger partial charge in [-0.25, -0.2) is 0 Å². The van der Waals surface area contributed by atoms with Crippen molar-refractivity contribution < 1.29 is 14.3 Å². The van der Waals surface area contributed by atoms with Crippen molar-refractivity contribution in [3.05, 3.63) is 48.0 Å². The highest BCUT2D eigenvalue weighted by Gasteiger charge is 2.16. The van der Waals surface area contributed by atoms with Crippen LogP contribution < -0.4 is 14.8 Å². The van der Waals surface area contributed by atoms with Gasteiger partial charge in [-0.2, -0.15) is 0 Å². The second-order valence-corrected chi connectivity index (χ2v) is 6.50. The molecule has 4 nitrogen and oxygen atoms in total. The third-order valence-electron chi connectivity index (χ3n) is 3.44. The van der Waals surface area contributed by atoms with Crippen molar-refractivity contribution >= 4 is 23.4 Å². The van der Waals surface area contributed by atoms with Gasteiger partial charge in [-0.3, -0.25) is 4.79 Å². The minimum absolute atomic E-state index is 0.0286. The maximum atomic E-state index is 12.4. The molecule has 2 aromatic rings. The van der Waals surface area contributed by atoms with Crippen molar-refractivity contribution in [1.29, 1.82) is 0 Å². The number of methoxy groups -OCH3 is 2. The van der Waals surface area contributed by atoms with E-state index in [2.05, 4.69) is 5.32 Å². The average molecular weight is 331 g/mol. The standard InChI is InChI=1S/C18H21NO3S/c1-12-7-5-6-8-15(12)19-18(20)13(2)23-14-9-10-16(21-3)17(11-14)22-4/h5-11,13H,1-4H3,(H,19,20)/t13-/m0/s1. The minimum atomic E-state index is -0.229. The van der Waals surface area contributed by atoms with Gasteiger partial charge in [0, 0.05) is 10.6 Å². The Hall–Kier alpha value is -2.14. The highest BCUT2D eigenvalue weighted by atomic mass is 32.2. The van der Waals surface area contributed by atoms with Crippen LogP contribution in [0.4, 0.5) is 5.69 Å². The number of nitrogens with one attached hydrogen (secondary N) is 1. The number of hydrogen-bond donors (Lipinski definition) is 1. The number of benzene rings is 2. The molecular weight excluding hydrogens is 310 g/mol. The Labute approximate surface area is 141 Å². The lowest BCUT2D eigenvalue weighted by atomic mass is 10.2. The molecule has 1 atom stereocenters. The molecule has 0 aliphatic heterocycles. The number of carbonyl (C=O) groups is 1. The highest BCUT2D eigenvalue weighted by Crippen LogP contribution is 2.33. The SMILES string of the molecule is COc1ccc(S[C@@H](C)C(=O)Nc2ccccc2C)cc1OC. The van der Waals surface area contributed by atoms with Crippen LogP contribution in [0.2, 0.25) is 0 Å². The summed E-state index contributed by atoms with van der Waals surface area (Å²) in [7, 11) is 3.20. The van der Waals surface area contributed by atoms with Gasteiger partial charge in [-0.1, -0.05) is 18.2 Å². The average Bonchev–Trinajstić information content (AvgIpc) is 2.56. The summed E-state index contributed by atoms with van der Waals surface area (Å²) in [6.45, 7) is 3.86. The summed E-state index contributed by atoms with van der Waals surface area (Å²) in [5.74, 6) is 1.30. The first-order valence-corrected chi connectivity index (χ1v) is 8.18. The van der Waals surface area contributed by atoms with Crippen LogP contribution in [0.1, 0.15) is 12.5 Å². The molecule has 0 aliphatic rings. The van der Waals surface area contributed by atoms with E-state index in [1.807, 2.05) is 56.3 Å². The molecule has 0 aromatic heterocycles. The van der Waals surface area contributed by atoms with Crippen molar-refractivity contribution in [2.45, 2.75) is 24.0 Å². The summed E-state index contributed by atoms with van der Waals surface area (Å²) < 4.78 is 10.5. The molecule has 2 aromatic carbocycles. The number of aryl methyl sites for hydroxylation is 1. The third kappa shape index (κ3) is 4.42. The second-order valence-electron chi connectivity index (χ2n) is 5.08. The Morgan fingerprint density at radius 1 is 1.09 bits per heavy atom. The fraction of sp³-hybridized carbons (Fsp3) is 0.278. The summed E-state index contributed by atoms with van der Waals surface area (Å²) in [6, 6.07) is 13.4. The summed E-state index contributed by atoms with van der Waals surface area (Å²) in [5, 5.41) is 2.74. The van der Waals surface area contributed by atoms with Crippen molar-refractivity contribution in [1.82, 2.24) is 0 Å². The molecule has 0 fully saturated rings. The van der Waals surface area contributed by atoms with Gasteiger partial charge in [0.05, 0.1) is 19.5 Å². The number of carbonyl (C=O) groups excluding carboxylic acids is 1. The fourth-order valence-corrected chi connectivity index (χ4v) is 2.99. The van der Waals surface area contributed by atoms with Gasteiger partial charge in [0.1, 0.15) is 0 Å². The largest absolute Gasteiger partial charge is 0.493 e. The van der Waals surface area contributed by atoms with E-state index in [1.165, 1.54) is 11.8 Å². The quantitative estimate of drug-likeness (QED) is 0.809. The van der Waals surface area contributed by atoms with Crippen LogP contribution in [0, 0.1) is 6.92 Å². The van der Waals surface area contributed by atoms with Crippen LogP contribution in [0.15, 0.2) is 47.4 Å². The zero-order valence-electron chi connectivity index (χ0n) is 13.8. The number of anilines is 1. The molecule has 0 unspecified atom stereocenters. The molecule has 0 saturated heterocycles. The monoisotopic (exact) mass is 331 g/mol. The van der Waals surface area contributed by atoms with Gasteiger partial charge in [-0.15, -0.1) is 11.8 Å². The van der Waals surface area contributed by atoms with Crippen molar-refractivity contribution in [2.75, 3.05) is 19.5 Å². The van der Waals surface area contributed by atoms with E-state index >= 15 is 0 Å². The molecule has 0 heterocycles. The maximum Gasteiger partial charge on any atom is 0.237 e. The van der Waals surface area contributed by atoms with Gasteiger partial charge < -0.3 is 14.8 Å². The summed E-state index contributed by atoms with van der Waals surface area (Å²) in [6.07, 6.45) is 0. The molecular formula is C18H21NO3S. The van der Waals surface area contributed by atoms with Gasteiger partial charge >= 0.3 is 0 Å². The van der Waals surface area contributed by atoms with E-state index in [1.54, 1.807) is 14.2 Å². The minimum Gasteiger partial charge on any atom is -0.493 e. The summed E-state index contributed by atoms with van der Waals surface area (Å²) in [4.78, 5) is 13.3. The second kappa shape index (κ2) is 7.92. The fourth-order valence-electron chi connectivity index (χ4n) is 2.10. The van der Waals surface area contributed by atoms with Crippen molar-refractivity contribution in [2.24, 2.45) is 0 Å². The first kappa shape index (κ1) is 17.2. The summed E-state index contributed by atoms with van der Waals surface area (Å²) >= 11 is 1.48. The smallest absolute Gasteiger partial charge is 0.237 e. The third-order valence-corrected chi connectivity index (χ3v) is 4.53. The van der Waals surface area contributed by atoms with Gasteiger partial charge in [0.2, 0.25) is 5.91 Å². The number of amides is 1. The van der Waals surface area contributed by atoms with Crippen LogP contribution in [0.25, 0.3) is 0 Å². The van der Waals surface area contributed by atoms with Crippen LogP contribution >= 0.6 is 11.8 Å². The molecule has 122 valence electrons. The lowest BCUT2D eigenvalue weighted by Crippen LogP contribution is -2.22. The predicted molar refractivity (Wildman–Crippen MR) is 94.7 cm³/mol. The molecule has 23 heavy (non-hydrogen) atoms. The molecule has 0 spiro atoms. The predicted octanol–water partition coefficient (Wildman–Crippen LogP) is 4.13. The lowest BCUT2D eigenvalue weighted by Gasteiger charge is -2.14. The number of hydrogen-bond acceptors (Lipinski definition) is 4. The summed E-state index contributed by atoms with van der Waals surface area (Å²) in [5.41, 5.74) is 1.89. The zero-order chi connectivity index (χ0) is 16.8. The molecule has 0 radical (unpaired) electrons. The zero-order valence-corrected chi connectivity index (χ0v) is 14.6. The Morgan fingerprint density at radius 2 is 1.78 bits per heavy atom. The molecule has 5 heteroatoms. The van der Waals surface area contributed by atoms with Crippen LogP contribution in [-0.2, 0) is 4.79 Å². The van der Waals surface area contributed by atoms with Crippen LogP contribution in [-0.4, -0.2) is 25.4 Å². The number of ether oxygens (including phenoxy) is 2. The number of thioether (sulfide) groups is 1. The van der Waals surface area contributed by atoms with E-state index in [9.17, 15) is 4.79 Å². The molecule has 1 amide bonds. The Morgan fingerprint density at radius 3 is 2.43 bits per heavy atom. The Bertz CT molecular complexity index is 688. The van der Waals surface area contributed by atoms with E-state index < -0.39 is 0 Å². The maximum absolute atomic E-state index is 12.4. The van der Waals surface area contributed by atoms with Crippen LogP contribution in [0.5, 0.6) is 11.5 Å². The first-order chi connectivity index (χ1) is 11.0. The van der Waals surface area contributed by atoms with Crippen molar-refractivity contribution in [3.8, 4) is 11.5 Å². The highest BCUT2D eigenvalue weighted by molar-refractivity contribution is 8.00. The van der Waals surface area contributed by atoms with E-state index in [-0.39, 0.29) is 11.2 Å². The topological polar surface area (TPSA) is 47.6 Å².